The van der Waals surface area contributed by atoms with Crippen molar-refractivity contribution in [1.29, 1.82) is 0 Å². The highest BCUT2D eigenvalue weighted by atomic mass is 16.1. The molecular formula is C14H24O2. The van der Waals surface area contributed by atoms with Crippen molar-refractivity contribution in [3.63, 3.8) is 0 Å². The first kappa shape index (κ1) is 13.4. The number of carbonyl (C=O) groups is 2. The summed E-state index contributed by atoms with van der Waals surface area (Å²) >= 11 is 0. The molecule has 1 aliphatic rings. The average Bonchev–Trinajstić information content (AvgIpc) is 2.22. The van der Waals surface area contributed by atoms with Gasteiger partial charge < -0.3 is 0 Å². The molecule has 0 bridgehead atoms. The zero-order chi connectivity index (χ0) is 12.6. The summed E-state index contributed by atoms with van der Waals surface area (Å²) in [6.45, 7) is 9.77. The number of ketones is 2. The summed E-state index contributed by atoms with van der Waals surface area (Å²) in [5.74, 6) is 0.696. The van der Waals surface area contributed by atoms with Gasteiger partial charge in [0.25, 0.3) is 0 Å². The van der Waals surface area contributed by atoms with E-state index >= 15 is 0 Å². The quantitative estimate of drug-likeness (QED) is 0.674. The van der Waals surface area contributed by atoms with Crippen LogP contribution in [0.4, 0.5) is 0 Å². The second-order valence-corrected chi connectivity index (χ2v) is 6.51. The van der Waals surface area contributed by atoms with Gasteiger partial charge in [0.15, 0.2) is 0 Å². The molecule has 1 rings (SSSR count). The van der Waals surface area contributed by atoms with Crippen LogP contribution in [0.1, 0.15) is 60.3 Å². The molecule has 0 aromatic heterocycles. The lowest BCUT2D eigenvalue weighted by molar-refractivity contribution is -0.127. The van der Waals surface area contributed by atoms with E-state index in [4.69, 9.17) is 0 Å². The highest BCUT2D eigenvalue weighted by Gasteiger charge is 2.41. The summed E-state index contributed by atoms with van der Waals surface area (Å²) in [6, 6.07) is 0. The third-order valence-electron chi connectivity index (χ3n) is 4.14. The molecule has 0 heterocycles. The lowest BCUT2D eigenvalue weighted by Crippen LogP contribution is -2.30. The molecule has 2 unspecified atom stereocenters. The first-order chi connectivity index (χ1) is 7.16. The predicted octanol–water partition coefficient (Wildman–Crippen LogP) is 3.39. The van der Waals surface area contributed by atoms with Gasteiger partial charge in [-0.25, -0.2) is 0 Å². The minimum absolute atomic E-state index is 0.0905. The van der Waals surface area contributed by atoms with Gasteiger partial charge in [-0.15, -0.1) is 0 Å². The minimum Gasteiger partial charge on any atom is -0.300 e. The van der Waals surface area contributed by atoms with Gasteiger partial charge in [0, 0.05) is 11.3 Å². The van der Waals surface area contributed by atoms with Gasteiger partial charge in [-0.2, -0.15) is 0 Å². The van der Waals surface area contributed by atoms with Crippen LogP contribution in [0.2, 0.25) is 0 Å². The molecule has 0 spiro atoms. The maximum absolute atomic E-state index is 11.8. The van der Waals surface area contributed by atoms with Gasteiger partial charge in [0.1, 0.15) is 11.6 Å². The Balaban J connectivity index is 2.94. The third kappa shape index (κ3) is 2.93. The Morgan fingerprint density at radius 1 is 1.12 bits per heavy atom. The van der Waals surface area contributed by atoms with E-state index < -0.39 is 0 Å². The van der Waals surface area contributed by atoms with E-state index in [2.05, 4.69) is 20.8 Å². The Morgan fingerprint density at radius 3 is 2.12 bits per heavy atom. The summed E-state index contributed by atoms with van der Waals surface area (Å²) < 4.78 is 0. The van der Waals surface area contributed by atoms with Crippen LogP contribution in [-0.4, -0.2) is 11.6 Å². The molecule has 1 fully saturated rings. The Bertz CT molecular complexity index is 304. The van der Waals surface area contributed by atoms with Gasteiger partial charge in [0.05, 0.1) is 0 Å². The number of carbonyl (C=O) groups excluding carboxylic acids is 2. The summed E-state index contributed by atoms with van der Waals surface area (Å²) in [5, 5.41) is 0. The summed E-state index contributed by atoms with van der Waals surface area (Å²) in [4.78, 5) is 23.3. The molecule has 1 saturated carbocycles. The fourth-order valence-electron chi connectivity index (χ4n) is 3.13. The Hall–Kier alpha value is -0.660. The van der Waals surface area contributed by atoms with Crippen LogP contribution >= 0.6 is 0 Å². The summed E-state index contributed by atoms with van der Waals surface area (Å²) in [5.41, 5.74) is -0.138. The van der Waals surface area contributed by atoms with Gasteiger partial charge in [-0.1, -0.05) is 20.8 Å². The van der Waals surface area contributed by atoms with Crippen LogP contribution in [0.3, 0.4) is 0 Å². The number of Topliss-reactive ketones (excluding diaryl/α,β-unsaturated/α-hetero) is 2. The highest BCUT2D eigenvalue weighted by molar-refractivity contribution is 5.82. The van der Waals surface area contributed by atoms with Gasteiger partial charge in [0.2, 0.25) is 0 Å². The molecule has 2 nitrogen and oxygen atoms in total. The number of hydrogen-bond acceptors (Lipinski definition) is 2. The van der Waals surface area contributed by atoms with Crippen LogP contribution in [0.25, 0.3) is 0 Å². The van der Waals surface area contributed by atoms with E-state index in [1.54, 1.807) is 13.8 Å². The zero-order valence-electron chi connectivity index (χ0n) is 11.2. The Labute approximate surface area is 98.8 Å². The fourth-order valence-corrected chi connectivity index (χ4v) is 3.13. The van der Waals surface area contributed by atoms with Crippen LogP contribution in [0.15, 0.2) is 0 Å². The first-order valence-corrected chi connectivity index (χ1v) is 6.18. The van der Waals surface area contributed by atoms with Crippen molar-refractivity contribution in [2.45, 2.75) is 60.3 Å². The molecule has 0 aliphatic heterocycles. The number of rotatable bonds is 2. The Morgan fingerprint density at radius 2 is 1.69 bits per heavy atom. The molecular weight excluding hydrogens is 200 g/mol. The summed E-state index contributed by atoms with van der Waals surface area (Å²) in [7, 11) is 0. The standard InChI is InChI=1S/C14H24O2/c1-10(15)12-6-7-14(5,11(2)16)9-13(3,4)8-12/h12H,6-9H2,1-5H3. The molecule has 0 N–H and O–H groups in total. The van der Waals surface area contributed by atoms with E-state index in [0.717, 1.165) is 25.7 Å². The maximum atomic E-state index is 11.8. The summed E-state index contributed by atoms with van der Waals surface area (Å²) in [6.07, 6.45) is 3.55. The van der Waals surface area contributed by atoms with Crippen molar-refractivity contribution in [1.82, 2.24) is 0 Å². The van der Waals surface area contributed by atoms with Crippen molar-refractivity contribution in [3.8, 4) is 0 Å². The van der Waals surface area contributed by atoms with Gasteiger partial charge in [-0.3, -0.25) is 9.59 Å². The lowest BCUT2D eigenvalue weighted by Gasteiger charge is -2.33. The molecule has 0 amide bonds. The van der Waals surface area contributed by atoms with Crippen molar-refractivity contribution in [2.24, 2.45) is 16.7 Å². The van der Waals surface area contributed by atoms with Crippen LogP contribution in [-0.2, 0) is 9.59 Å². The van der Waals surface area contributed by atoms with Crippen LogP contribution < -0.4 is 0 Å². The topological polar surface area (TPSA) is 34.1 Å². The highest BCUT2D eigenvalue weighted by Crippen LogP contribution is 2.46. The van der Waals surface area contributed by atoms with E-state index in [1.807, 2.05) is 0 Å². The normalized spacial score (nSPS) is 34.2. The Kier molecular flexibility index (Phi) is 3.61. The lowest BCUT2D eigenvalue weighted by atomic mass is 9.71. The maximum Gasteiger partial charge on any atom is 0.135 e. The van der Waals surface area contributed by atoms with E-state index in [1.165, 1.54) is 0 Å². The van der Waals surface area contributed by atoms with Gasteiger partial charge >= 0.3 is 0 Å². The fraction of sp³-hybridized carbons (Fsp3) is 0.857. The molecule has 1 aliphatic carbocycles. The molecule has 92 valence electrons. The number of hydrogen-bond donors (Lipinski definition) is 0. The smallest absolute Gasteiger partial charge is 0.135 e. The van der Waals surface area contributed by atoms with Crippen molar-refractivity contribution in [2.75, 3.05) is 0 Å². The molecule has 16 heavy (non-hydrogen) atoms. The average molecular weight is 224 g/mol. The van der Waals surface area contributed by atoms with Crippen molar-refractivity contribution < 1.29 is 9.59 Å². The van der Waals surface area contributed by atoms with Crippen molar-refractivity contribution >= 4 is 11.6 Å². The van der Waals surface area contributed by atoms with Gasteiger partial charge in [-0.05, 0) is 44.9 Å². The minimum atomic E-state index is -0.228. The molecule has 2 atom stereocenters. The second-order valence-electron chi connectivity index (χ2n) is 6.51. The van der Waals surface area contributed by atoms with E-state index in [0.29, 0.717) is 0 Å². The molecule has 0 radical (unpaired) electrons. The predicted molar refractivity (Wildman–Crippen MR) is 65.2 cm³/mol. The third-order valence-corrected chi connectivity index (χ3v) is 4.14. The molecule has 2 heteroatoms. The van der Waals surface area contributed by atoms with Crippen molar-refractivity contribution in [3.05, 3.63) is 0 Å². The molecule has 0 aromatic carbocycles. The molecule has 0 aromatic rings. The SMILES string of the molecule is CC(=O)C1CCC(C)(C(C)=O)CC(C)(C)C1. The van der Waals surface area contributed by atoms with E-state index in [-0.39, 0.29) is 28.3 Å². The largest absolute Gasteiger partial charge is 0.300 e. The van der Waals surface area contributed by atoms with E-state index in [9.17, 15) is 9.59 Å². The second kappa shape index (κ2) is 4.31. The zero-order valence-corrected chi connectivity index (χ0v) is 11.2. The molecule has 0 saturated heterocycles. The van der Waals surface area contributed by atoms with Crippen LogP contribution in [0, 0.1) is 16.7 Å². The monoisotopic (exact) mass is 224 g/mol. The first-order valence-electron chi connectivity index (χ1n) is 6.18. The van der Waals surface area contributed by atoms with Crippen LogP contribution in [0.5, 0.6) is 0 Å².